The summed E-state index contributed by atoms with van der Waals surface area (Å²) in [5.41, 5.74) is 0. The van der Waals surface area contributed by atoms with E-state index in [-0.39, 0.29) is 6.54 Å². The fourth-order valence-electron chi connectivity index (χ4n) is 0.693. The quantitative estimate of drug-likeness (QED) is 0.581. The Morgan fingerprint density at radius 1 is 1.36 bits per heavy atom. The van der Waals surface area contributed by atoms with Crippen LogP contribution in [0.25, 0.3) is 0 Å². The van der Waals surface area contributed by atoms with Crippen molar-refractivity contribution in [2.45, 2.75) is 12.3 Å². The van der Waals surface area contributed by atoms with Crippen molar-refractivity contribution in [1.29, 1.82) is 5.26 Å². The predicted molar refractivity (Wildman–Crippen MR) is 41.1 cm³/mol. The van der Waals surface area contributed by atoms with Crippen LogP contribution in [0.15, 0.2) is 0 Å². The number of nitrogens with zero attached hydrogens (tertiary/aromatic N) is 1. The number of halogens is 3. The number of rotatable bonds is 5. The third-order valence-electron chi connectivity index (χ3n) is 1.49. The van der Waals surface area contributed by atoms with Crippen LogP contribution in [0.5, 0.6) is 0 Å². The second kappa shape index (κ2) is 5.80. The number of hydrogen-bond acceptors (Lipinski definition) is 4. The Morgan fingerprint density at radius 3 is 2.29 bits per heavy atom. The zero-order chi connectivity index (χ0) is 11.2. The van der Waals surface area contributed by atoms with E-state index in [0.29, 0.717) is 0 Å². The van der Waals surface area contributed by atoms with E-state index in [9.17, 15) is 13.2 Å². The number of alkyl halides is 3. The van der Waals surface area contributed by atoms with Crippen LogP contribution in [0, 0.1) is 17.2 Å². The second-order valence-corrected chi connectivity index (χ2v) is 2.72. The minimum Gasteiger partial charge on any atom is -0.394 e. The highest BCUT2D eigenvalue weighted by Crippen LogP contribution is 2.24. The van der Waals surface area contributed by atoms with Crippen molar-refractivity contribution in [1.82, 2.24) is 5.32 Å². The molecule has 0 aromatic carbocycles. The van der Waals surface area contributed by atoms with Gasteiger partial charge < -0.3 is 15.5 Å². The zero-order valence-electron chi connectivity index (χ0n) is 7.25. The van der Waals surface area contributed by atoms with E-state index < -0.39 is 31.3 Å². The third-order valence-corrected chi connectivity index (χ3v) is 1.49. The Labute approximate surface area is 79.0 Å². The number of nitriles is 1. The molecule has 0 saturated carbocycles. The number of nitrogens with one attached hydrogen (secondary N) is 1. The Hall–Kier alpha value is -0.840. The Morgan fingerprint density at radius 2 is 1.93 bits per heavy atom. The Kier molecular flexibility index (Phi) is 5.45. The van der Waals surface area contributed by atoms with E-state index in [0.717, 1.165) is 6.07 Å². The molecular weight excluding hydrogens is 201 g/mol. The summed E-state index contributed by atoms with van der Waals surface area (Å²) in [6, 6.07) is 1.10. The summed E-state index contributed by atoms with van der Waals surface area (Å²) < 4.78 is 35.9. The van der Waals surface area contributed by atoms with Crippen LogP contribution in [-0.2, 0) is 0 Å². The number of aliphatic hydroxyl groups is 2. The summed E-state index contributed by atoms with van der Waals surface area (Å²) >= 11 is 0. The first kappa shape index (κ1) is 13.2. The van der Waals surface area contributed by atoms with E-state index in [1.807, 2.05) is 0 Å². The summed E-state index contributed by atoms with van der Waals surface area (Å²) in [5.74, 6) is -2.09. The van der Waals surface area contributed by atoms with Crippen LogP contribution in [0.4, 0.5) is 13.2 Å². The molecule has 0 fully saturated rings. The van der Waals surface area contributed by atoms with E-state index in [1.165, 1.54) is 0 Å². The van der Waals surface area contributed by atoms with Crippen molar-refractivity contribution in [2.75, 3.05) is 19.7 Å². The van der Waals surface area contributed by atoms with Crippen LogP contribution >= 0.6 is 0 Å². The van der Waals surface area contributed by atoms with Crippen LogP contribution in [0.2, 0.25) is 0 Å². The van der Waals surface area contributed by atoms with E-state index >= 15 is 0 Å². The van der Waals surface area contributed by atoms with Gasteiger partial charge in [-0.05, 0) is 0 Å². The van der Waals surface area contributed by atoms with Crippen LogP contribution < -0.4 is 5.32 Å². The van der Waals surface area contributed by atoms with Gasteiger partial charge in [-0.25, -0.2) is 0 Å². The molecule has 0 aliphatic rings. The number of aliphatic hydroxyl groups excluding tert-OH is 2. The lowest BCUT2D eigenvalue weighted by molar-refractivity contribution is -0.157. The molecule has 2 unspecified atom stereocenters. The first-order chi connectivity index (χ1) is 6.41. The lowest BCUT2D eigenvalue weighted by Crippen LogP contribution is -2.37. The largest absolute Gasteiger partial charge is 0.405 e. The minimum absolute atomic E-state index is 0.176. The highest BCUT2D eigenvalue weighted by molar-refractivity contribution is 4.89. The molecule has 14 heavy (non-hydrogen) atoms. The highest BCUT2D eigenvalue weighted by atomic mass is 19.4. The third kappa shape index (κ3) is 5.01. The fraction of sp³-hybridized carbons (Fsp3) is 0.857. The minimum atomic E-state index is -4.56. The molecule has 0 rings (SSSR count). The van der Waals surface area contributed by atoms with Crippen molar-refractivity contribution in [3.8, 4) is 6.07 Å². The van der Waals surface area contributed by atoms with Gasteiger partial charge in [0, 0.05) is 13.1 Å². The molecule has 0 heterocycles. The van der Waals surface area contributed by atoms with Gasteiger partial charge in [-0.2, -0.15) is 18.4 Å². The van der Waals surface area contributed by atoms with Crippen molar-refractivity contribution in [3.63, 3.8) is 0 Å². The van der Waals surface area contributed by atoms with Gasteiger partial charge >= 0.3 is 6.18 Å². The SMILES string of the molecule is N#CC(CNCC(O)CO)C(F)(F)F. The average molecular weight is 212 g/mol. The normalized spacial score (nSPS) is 16.0. The van der Waals surface area contributed by atoms with Gasteiger partial charge in [0.15, 0.2) is 5.92 Å². The summed E-state index contributed by atoms with van der Waals surface area (Å²) in [7, 11) is 0. The average Bonchev–Trinajstić information content (AvgIpc) is 2.09. The monoisotopic (exact) mass is 212 g/mol. The summed E-state index contributed by atoms with van der Waals surface area (Å²) in [6.07, 6.45) is -5.67. The molecule has 0 aliphatic carbocycles. The van der Waals surface area contributed by atoms with Gasteiger partial charge in [-0.1, -0.05) is 0 Å². The molecule has 0 saturated heterocycles. The van der Waals surface area contributed by atoms with E-state index in [2.05, 4.69) is 5.32 Å². The van der Waals surface area contributed by atoms with Crippen LogP contribution in [0.3, 0.4) is 0 Å². The van der Waals surface area contributed by atoms with Crippen molar-refractivity contribution < 1.29 is 23.4 Å². The second-order valence-electron chi connectivity index (χ2n) is 2.72. The molecule has 0 spiro atoms. The molecule has 0 bridgehead atoms. The van der Waals surface area contributed by atoms with Crippen molar-refractivity contribution >= 4 is 0 Å². The molecule has 0 aliphatic heterocycles. The van der Waals surface area contributed by atoms with Crippen LogP contribution in [0.1, 0.15) is 0 Å². The van der Waals surface area contributed by atoms with Gasteiger partial charge in [-0.15, -0.1) is 0 Å². The van der Waals surface area contributed by atoms with Gasteiger partial charge in [0.25, 0.3) is 0 Å². The van der Waals surface area contributed by atoms with Crippen molar-refractivity contribution in [2.24, 2.45) is 5.92 Å². The Balaban J connectivity index is 3.82. The highest BCUT2D eigenvalue weighted by Gasteiger charge is 2.39. The molecule has 2 atom stereocenters. The van der Waals surface area contributed by atoms with Gasteiger partial charge in [0.2, 0.25) is 0 Å². The first-order valence-corrected chi connectivity index (χ1v) is 3.87. The molecule has 82 valence electrons. The maximum Gasteiger partial charge on any atom is 0.405 e. The fourth-order valence-corrected chi connectivity index (χ4v) is 0.693. The molecule has 4 nitrogen and oxygen atoms in total. The molecule has 0 aromatic heterocycles. The summed E-state index contributed by atoms with van der Waals surface area (Å²) in [5, 5.41) is 27.5. The zero-order valence-corrected chi connectivity index (χ0v) is 7.25. The topological polar surface area (TPSA) is 76.3 Å². The maximum atomic E-state index is 12.0. The smallest absolute Gasteiger partial charge is 0.394 e. The molecule has 0 aromatic rings. The maximum absolute atomic E-state index is 12.0. The standard InChI is InChI=1S/C7H11F3N2O2/c8-7(9,10)5(1-11)2-12-3-6(14)4-13/h5-6,12-14H,2-4H2. The summed E-state index contributed by atoms with van der Waals surface area (Å²) in [4.78, 5) is 0. The lowest BCUT2D eigenvalue weighted by atomic mass is 10.1. The van der Waals surface area contributed by atoms with Crippen molar-refractivity contribution in [3.05, 3.63) is 0 Å². The number of hydrogen-bond donors (Lipinski definition) is 3. The Bertz CT molecular complexity index is 202. The predicted octanol–water partition coefficient (Wildman–Crippen LogP) is -0.369. The van der Waals surface area contributed by atoms with E-state index in [1.54, 1.807) is 0 Å². The van der Waals surface area contributed by atoms with Crippen LogP contribution in [-0.4, -0.2) is 42.2 Å². The van der Waals surface area contributed by atoms with Gasteiger partial charge in [0.1, 0.15) is 0 Å². The molecule has 0 amide bonds. The molecule has 7 heteroatoms. The summed E-state index contributed by atoms with van der Waals surface area (Å²) in [6.45, 7) is -1.29. The van der Waals surface area contributed by atoms with Gasteiger partial charge in [-0.3, -0.25) is 0 Å². The first-order valence-electron chi connectivity index (χ1n) is 3.87. The molecule has 3 N–H and O–H groups in total. The molecular formula is C7H11F3N2O2. The van der Waals surface area contributed by atoms with E-state index in [4.69, 9.17) is 15.5 Å². The van der Waals surface area contributed by atoms with Gasteiger partial charge in [0.05, 0.1) is 18.8 Å². The lowest BCUT2D eigenvalue weighted by Gasteiger charge is -2.14. The molecule has 0 radical (unpaired) electrons.